The van der Waals surface area contributed by atoms with Crippen molar-refractivity contribution < 1.29 is 4.79 Å². The van der Waals surface area contributed by atoms with Crippen LogP contribution in [-0.4, -0.2) is 12.5 Å². The van der Waals surface area contributed by atoms with E-state index in [9.17, 15) is 4.79 Å². The van der Waals surface area contributed by atoms with E-state index in [1.165, 1.54) is 0 Å². The highest BCUT2D eigenvalue weighted by Crippen LogP contribution is 2.34. The second kappa shape index (κ2) is 7.34. The van der Waals surface area contributed by atoms with E-state index >= 15 is 0 Å². The zero-order valence-electron chi connectivity index (χ0n) is 9.97. The predicted octanol–water partition coefficient (Wildman–Crippen LogP) is 4.07. The van der Waals surface area contributed by atoms with Crippen molar-refractivity contribution in [2.45, 2.75) is 19.8 Å². The van der Waals surface area contributed by atoms with Gasteiger partial charge in [-0.2, -0.15) is 0 Å². The minimum Gasteiger partial charge on any atom is -0.330 e. The molecule has 0 aromatic heterocycles. The van der Waals surface area contributed by atoms with E-state index in [-0.39, 0.29) is 11.8 Å². The van der Waals surface area contributed by atoms with Crippen LogP contribution in [0.1, 0.15) is 19.8 Å². The van der Waals surface area contributed by atoms with E-state index in [0.717, 1.165) is 17.3 Å². The lowest BCUT2D eigenvalue weighted by Gasteiger charge is -2.15. The van der Waals surface area contributed by atoms with Crippen LogP contribution in [0.2, 0.25) is 10.0 Å². The molecule has 0 radical (unpaired) electrons. The number of hydrogen-bond acceptors (Lipinski definition) is 2. The van der Waals surface area contributed by atoms with Gasteiger partial charge in [0.25, 0.3) is 0 Å². The molecule has 0 aliphatic carbocycles. The van der Waals surface area contributed by atoms with E-state index in [4.69, 9.17) is 28.9 Å². The minimum atomic E-state index is -0.217. The van der Waals surface area contributed by atoms with Gasteiger partial charge in [0.1, 0.15) is 0 Å². The normalized spacial score (nSPS) is 12.3. The molecule has 1 amide bonds. The number of halogens is 3. The molecule has 0 saturated carbocycles. The average Bonchev–Trinajstić information content (AvgIpc) is 2.30. The molecule has 0 fully saturated rings. The zero-order chi connectivity index (χ0) is 13.7. The van der Waals surface area contributed by atoms with Crippen LogP contribution in [0.25, 0.3) is 0 Å². The fraction of sp³-hybridized carbons (Fsp3) is 0.417. The lowest BCUT2D eigenvalue weighted by molar-refractivity contribution is -0.119. The topological polar surface area (TPSA) is 55.1 Å². The maximum absolute atomic E-state index is 12.0. The monoisotopic (exact) mass is 352 g/mol. The summed E-state index contributed by atoms with van der Waals surface area (Å²) in [4.78, 5) is 12.0. The number of anilines is 1. The number of nitrogens with one attached hydrogen (secondary N) is 1. The Morgan fingerprint density at radius 1 is 1.44 bits per heavy atom. The van der Waals surface area contributed by atoms with Gasteiger partial charge in [-0.05, 0) is 18.6 Å². The van der Waals surface area contributed by atoms with Crippen LogP contribution < -0.4 is 11.1 Å². The Kier molecular flexibility index (Phi) is 6.43. The van der Waals surface area contributed by atoms with Crippen LogP contribution in [0, 0.1) is 5.92 Å². The Morgan fingerprint density at radius 2 is 2.00 bits per heavy atom. The van der Waals surface area contributed by atoms with Gasteiger partial charge in [-0.25, -0.2) is 0 Å². The van der Waals surface area contributed by atoms with Gasteiger partial charge < -0.3 is 11.1 Å². The minimum absolute atomic E-state index is 0.148. The Hall–Kier alpha value is -0.290. The number of amides is 1. The zero-order valence-corrected chi connectivity index (χ0v) is 13.1. The molecule has 100 valence electrons. The van der Waals surface area contributed by atoms with E-state index in [2.05, 4.69) is 21.2 Å². The molecule has 3 N–H and O–H groups in total. The third kappa shape index (κ3) is 4.12. The van der Waals surface area contributed by atoms with Gasteiger partial charge in [-0.3, -0.25) is 4.79 Å². The molecule has 0 bridgehead atoms. The van der Waals surface area contributed by atoms with Gasteiger partial charge in [0.05, 0.1) is 21.7 Å². The molecule has 1 aromatic carbocycles. The molecule has 6 heteroatoms. The van der Waals surface area contributed by atoms with Gasteiger partial charge in [-0.1, -0.05) is 52.5 Å². The molecule has 1 rings (SSSR count). The Morgan fingerprint density at radius 3 is 2.44 bits per heavy atom. The summed E-state index contributed by atoms with van der Waals surface area (Å²) in [7, 11) is 0. The number of carbonyl (C=O) groups excluding carboxylic acids is 1. The fourth-order valence-electron chi connectivity index (χ4n) is 1.59. The molecule has 0 aliphatic rings. The molecular weight excluding hydrogens is 339 g/mol. The summed E-state index contributed by atoms with van der Waals surface area (Å²) in [5.74, 6) is -0.365. The molecule has 18 heavy (non-hydrogen) atoms. The third-order valence-electron chi connectivity index (χ3n) is 2.55. The predicted molar refractivity (Wildman–Crippen MR) is 80.2 cm³/mol. The van der Waals surface area contributed by atoms with Crippen LogP contribution in [0.15, 0.2) is 16.6 Å². The van der Waals surface area contributed by atoms with Gasteiger partial charge in [-0.15, -0.1) is 0 Å². The first kappa shape index (κ1) is 15.8. The molecular formula is C12H15BrCl2N2O. The van der Waals surface area contributed by atoms with Crippen molar-refractivity contribution in [2.24, 2.45) is 11.7 Å². The maximum atomic E-state index is 12.0. The summed E-state index contributed by atoms with van der Waals surface area (Å²) in [6.07, 6.45) is 1.64. The molecule has 3 nitrogen and oxygen atoms in total. The van der Waals surface area contributed by atoms with Crippen LogP contribution in [0.3, 0.4) is 0 Å². The van der Waals surface area contributed by atoms with Crippen LogP contribution in [0.4, 0.5) is 5.69 Å². The molecule has 0 spiro atoms. The number of hydrogen-bond donors (Lipinski definition) is 2. The van der Waals surface area contributed by atoms with Crippen molar-refractivity contribution >= 4 is 50.7 Å². The Balaban J connectivity index is 2.87. The molecule has 0 aliphatic heterocycles. The van der Waals surface area contributed by atoms with Gasteiger partial charge in [0.15, 0.2) is 0 Å². The van der Waals surface area contributed by atoms with Crippen molar-refractivity contribution in [3.63, 3.8) is 0 Å². The Labute approximate surface area is 125 Å². The van der Waals surface area contributed by atoms with Crippen molar-refractivity contribution in [3.8, 4) is 0 Å². The van der Waals surface area contributed by atoms with Crippen molar-refractivity contribution in [1.82, 2.24) is 0 Å². The second-order valence-electron chi connectivity index (χ2n) is 3.95. The first-order valence-corrected chi connectivity index (χ1v) is 7.20. The molecule has 1 aromatic rings. The Bertz CT molecular complexity index is 417. The number of rotatable bonds is 5. The summed E-state index contributed by atoms with van der Waals surface area (Å²) in [5, 5.41) is 3.53. The summed E-state index contributed by atoms with van der Waals surface area (Å²) < 4.78 is 0.763. The van der Waals surface area contributed by atoms with Crippen molar-refractivity contribution in [3.05, 3.63) is 26.7 Å². The maximum Gasteiger partial charge on any atom is 0.228 e. The molecule has 0 heterocycles. The quantitative estimate of drug-likeness (QED) is 0.838. The number of benzene rings is 1. The smallest absolute Gasteiger partial charge is 0.228 e. The van der Waals surface area contributed by atoms with Crippen molar-refractivity contribution in [2.75, 3.05) is 11.9 Å². The lowest BCUT2D eigenvalue weighted by atomic mass is 10.0. The van der Waals surface area contributed by atoms with Crippen molar-refractivity contribution in [1.29, 1.82) is 0 Å². The van der Waals surface area contributed by atoms with Crippen LogP contribution >= 0.6 is 39.1 Å². The van der Waals surface area contributed by atoms with Gasteiger partial charge in [0.2, 0.25) is 5.91 Å². The SMILES string of the molecule is CCCC(CN)C(=O)Nc1c(Cl)cc(Br)cc1Cl. The van der Waals surface area contributed by atoms with Crippen LogP contribution in [-0.2, 0) is 4.79 Å². The molecule has 1 atom stereocenters. The van der Waals surface area contributed by atoms with Crippen LogP contribution in [0.5, 0.6) is 0 Å². The largest absolute Gasteiger partial charge is 0.330 e. The summed E-state index contributed by atoms with van der Waals surface area (Å²) in [5.41, 5.74) is 6.01. The highest BCUT2D eigenvalue weighted by atomic mass is 79.9. The lowest BCUT2D eigenvalue weighted by Crippen LogP contribution is -2.29. The fourth-order valence-corrected chi connectivity index (χ4v) is 2.89. The molecule has 1 unspecified atom stereocenters. The average molecular weight is 354 g/mol. The first-order chi connectivity index (χ1) is 8.49. The second-order valence-corrected chi connectivity index (χ2v) is 5.69. The standard InChI is InChI=1S/C12H15BrCl2N2O/c1-2-3-7(6-16)12(18)17-11-9(14)4-8(13)5-10(11)15/h4-5,7H,2-3,6,16H2,1H3,(H,17,18). The first-order valence-electron chi connectivity index (χ1n) is 5.65. The van der Waals surface area contributed by atoms with E-state index < -0.39 is 0 Å². The number of carbonyl (C=O) groups is 1. The summed E-state index contributed by atoms with van der Waals surface area (Å²) in [6, 6.07) is 3.36. The highest BCUT2D eigenvalue weighted by Gasteiger charge is 2.18. The van der Waals surface area contributed by atoms with Gasteiger partial charge >= 0.3 is 0 Å². The van der Waals surface area contributed by atoms with E-state index in [1.54, 1.807) is 12.1 Å². The van der Waals surface area contributed by atoms with E-state index in [1.807, 2.05) is 6.92 Å². The van der Waals surface area contributed by atoms with Gasteiger partial charge in [0, 0.05) is 11.0 Å². The number of nitrogens with two attached hydrogens (primary N) is 1. The summed E-state index contributed by atoms with van der Waals surface area (Å²) in [6.45, 7) is 2.32. The summed E-state index contributed by atoms with van der Waals surface area (Å²) >= 11 is 15.4. The third-order valence-corrected chi connectivity index (χ3v) is 3.60. The highest BCUT2D eigenvalue weighted by molar-refractivity contribution is 9.10. The molecule has 0 saturated heterocycles. The van der Waals surface area contributed by atoms with E-state index in [0.29, 0.717) is 22.3 Å².